The Labute approximate surface area is 125 Å². The molecule has 0 amide bonds. The van der Waals surface area contributed by atoms with E-state index in [0.717, 1.165) is 0 Å². The van der Waals surface area contributed by atoms with Crippen molar-refractivity contribution < 1.29 is 14.6 Å². The van der Waals surface area contributed by atoms with E-state index in [1.165, 1.54) is 7.11 Å². The van der Waals surface area contributed by atoms with Gasteiger partial charge in [-0.25, -0.2) is 0 Å². The molecule has 20 heavy (non-hydrogen) atoms. The van der Waals surface area contributed by atoms with Gasteiger partial charge in [-0.1, -0.05) is 19.9 Å². The van der Waals surface area contributed by atoms with E-state index in [1.54, 1.807) is 18.2 Å². The first-order chi connectivity index (χ1) is 9.08. The van der Waals surface area contributed by atoms with Gasteiger partial charge in [0.15, 0.2) is 11.5 Å². The van der Waals surface area contributed by atoms with E-state index in [1.807, 2.05) is 19.9 Å². The molecule has 0 aliphatic carbocycles. The van der Waals surface area contributed by atoms with E-state index in [4.69, 9.17) is 14.7 Å². The summed E-state index contributed by atoms with van der Waals surface area (Å²) in [5.41, 5.74) is 0.392. The van der Waals surface area contributed by atoms with Crippen LogP contribution in [-0.4, -0.2) is 37.5 Å². The van der Waals surface area contributed by atoms with Gasteiger partial charge in [-0.05, 0) is 12.1 Å². The summed E-state index contributed by atoms with van der Waals surface area (Å²) in [5.74, 6) is 0.860. The molecule has 0 spiro atoms. The van der Waals surface area contributed by atoms with Crippen LogP contribution in [0.1, 0.15) is 19.4 Å². The lowest BCUT2D eigenvalue weighted by atomic mass is 10.2. The molecule has 0 saturated carbocycles. The SMILES string of the molecule is COc1cccc(C#N)c1OCC(O)CNC(C)C.Cl. The maximum absolute atomic E-state index is 9.78. The van der Waals surface area contributed by atoms with Crippen LogP contribution in [0, 0.1) is 11.3 Å². The molecular formula is C14H21ClN2O3. The molecule has 6 heteroatoms. The second-order valence-corrected chi connectivity index (χ2v) is 4.48. The molecule has 1 aromatic carbocycles. The Morgan fingerprint density at radius 3 is 2.65 bits per heavy atom. The minimum absolute atomic E-state index is 0. The number of ether oxygens (including phenoxy) is 2. The van der Waals surface area contributed by atoms with Gasteiger partial charge in [0.1, 0.15) is 18.8 Å². The predicted molar refractivity (Wildman–Crippen MR) is 79.6 cm³/mol. The molecule has 5 nitrogen and oxygen atoms in total. The molecular weight excluding hydrogens is 280 g/mol. The average Bonchev–Trinajstić information content (AvgIpc) is 2.42. The summed E-state index contributed by atoms with van der Waals surface area (Å²) in [6.07, 6.45) is -0.640. The van der Waals surface area contributed by atoms with Gasteiger partial charge in [0, 0.05) is 12.6 Å². The minimum Gasteiger partial charge on any atom is -0.493 e. The fourth-order valence-electron chi connectivity index (χ4n) is 1.52. The van der Waals surface area contributed by atoms with Crippen LogP contribution in [0.2, 0.25) is 0 Å². The maximum atomic E-state index is 9.78. The topological polar surface area (TPSA) is 74.5 Å². The van der Waals surface area contributed by atoms with E-state index in [2.05, 4.69) is 5.32 Å². The Morgan fingerprint density at radius 2 is 2.10 bits per heavy atom. The first-order valence-corrected chi connectivity index (χ1v) is 6.19. The molecule has 0 aromatic heterocycles. The summed E-state index contributed by atoms with van der Waals surface area (Å²) in [6, 6.07) is 7.43. The summed E-state index contributed by atoms with van der Waals surface area (Å²) in [7, 11) is 1.51. The van der Waals surface area contributed by atoms with E-state index >= 15 is 0 Å². The number of aliphatic hydroxyl groups is 1. The van der Waals surface area contributed by atoms with Crippen LogP contribution in [0.15, 0.2) is 18.2 Å². The van der Waals surface area contributed by atoms with Crippen molar-refractivity contribution in [2.24, 2.45) is 0 Å². The number of para-hydroxylation sites is 1. The van der Waals surface area contributed by atoms with Crippen molar-refractivity contribution in [3.8, 4) is 17.6 Å². The molecule has 0 heterocycles. The highest BCUT2D eigenvalue weighted by molar-refractivity contribution is 5.85. The molecule has 0 saturated heterocycles. The van der Waals surface area contributed by atoms with Crippen LogP contribution in [0.25, 0.3) is 0 Å². The summed E-state index contributed by atoms with van der Waals surface area (Å²) in [4.78, 5) is 0. The molecule has 0 fully saturated rings. The van der Waals surface area contributed by atoms with Crippen LogP contribution in [-0.2, 0) is 0 Å². The van der Waals surface area contributed by atoms with Gasteiger partial charge >= 0.3 is 0 Å². The molecule has 1 atom stereocenters. The number of aliphatic hydroxyl groups excluding tert-OH is 1. The second-order valence-electron chi connectivity index (χ2n) is 4.48. The van der Waals surface area contributed by atoms with Crippen molar-refractivity contribution in [2.45, 2.75) is 26.0 Å². The van der Waals surface area contributed by atoms with Crippen molar-refractivity contribution in [3.63, 3.8) is 0 Å². The van der Waals surface area contributed by atoms with Crippen molar-refractivity contribution in [3.05, 3.63) is 23.8 Å². The van der Waals surface area contributed by atoms with Gasteiger partial charge in [-0.15, -0.1) is 12.4 Å². The summed E-state index contributed by atoms with van der Waals surface area (Å²) >= 11 is 0. The number of halogens is 1. The molecule has 1 rings (SSSR count). The Hall–Kier alpha value is -1.48. The van der Waals surface area contributed by atoms with Gasteiger partial charge in [0.25, 0.3) is 0 Å². The predicted octanol–water partition coefficient (Wildman–Crippen LogP) is 1.73. The fourth-order valence-corrected chi connectivity index (χ4v) is 1.52. The molecule has 0 aliphatic heterocycles. The van der Waals surface area contributed by atoms with Crippen molar-refractivity contribution in [1.29, 1.82) is 5.26 Å². The van der Waals surface area contributed by atoms with E-state index in [0.29, 0.717) is 29.6 Å². The lowest BCUT2D eigenvalue weighted by molar-refractivity contribution is 0.103. The van der Waals surface area contributed by atoms with E-state index < -0.39 is 6.10 Å². The Bertz CT molecular complexity index is 447. The Kier molecular flexibility index (Phi) is 8.73. The van der Waals surface area contributed by atoms with Crippen LogP contribution >= 0.6 is 12.4 Å². The molecule has 1 aromatic rings. The first-order valence-electron chi connectivity index (χ1n) is 6.19. The average molecular weight is 301 g/mol. The molecule has 0 aliphatic rings. The largest absolute Gasteiger partial charge is 0.493 e. The number of hydrogen-bond donors (Lipinski definition) is 2. The van der Waals surface area contributed by atoms with Gasteiger partial charge in [-0.2, -0.15) is 5.26 Å². The highest BCUT2D eigenvalue weighted by atomic mass is 35.5. The normalized spacial score (nSPS) is 11.4. The zero-order valence-electron chi connectivity index (χ0n) is 11.9. The molecule has 0 bridgehead atoms. The zero-order chi connectivity index (χ0) is 14.3. The highest BCUT2D eigenvalue weighted by Gasteiger charge is 2.13. The molecule has 2 N–H and O–H groups in total. The third-order valence-corrected chi connectivity index (χ3v) is 2.50. The third kappa shape index (κ3) is 5.66. The molecule has 112 valence electrons. The van der Waals surface area contributed by atoms with Crippen LogP contribution in [0.5, 0.6) is 11.5 Å². The number of nitrogens with one attached hydrogen (secondary N) is 1. The van der Waals surface area contributed by atoms with Crippen molar-refractivity contribution in [1.82, 2.24) is 5.32 Å². The van der Waals surface area contributed by atoms with Crippen LogP contribution in [0.4, 0.5) is 0 Å². The highest BCUT2D eigenvalue weighted by Crippen LogP contribution is 2.30. The fraction of sp³-hybridized carbons (Fsp3) is 0.500. The van der Waals surface area contributed by atoms with Gasteiger partial charge < -0.3 is 19.9 Å². The van der Waals surface area contributed by atoms with E-state index in [9.17, 15) is 5.11 Å². The lowest BCUT2D eigenvalue weighted by Gasteiger charge is -2.16. The van der Waals surface area contributed by atoms with Gasteiger partial charge in [0.05, 0.1) is 12.7 Å². The summed E-state index contributed by atoms with van der Waals surface area (Å²) < 4.78 is 10.7. The lowest BCUT2D eigenvalue weighted by Crippen LogP contribution is -2.35. The van der Waals surface area contributed by atoms with Gasteiger partial charge in [0.2, 0.25) is 0 Å². The number of rotatable bonds is 7. The number of nitrogens with zero attached hydrogens (tertiary/aromatic N) is 1. The number of benzene rings is 1. The van der Waals surface area contributed by atoms with Crippen molar-refractivity contribution in [2.75, 3.05) is 20.3 Å². The van der Waals surface area contributed by atoms with Gasteiger partial charge in [-0.3, -0.25) is 0 Å². The Morgan fingerprint density at radius 1 is 1.40 bits per heavy atom. The van der Waals surface area contributed by atoms with Crippen LogP contribution in [0.3, 0.4) is 0 Å². The third-order valence-electron chi connectivity index (χ3n) is 2.50. The monoisotopic (exact) mass is 300 g/mol. The second kappa shape index (κ2) is 9.43. The first kappa shape index (κ1) is 18.5. The van der Waals surface area contributed by atoms with Crippen LogP contribution < -0.4 is 14.8 Å². The minimum atomic E-state index is -0.640. The van der Waals surface area contributed by atoms with Crippen molar-refractivity contribution >= 4 is 12.4 Å². The number of hydrogen-bond acceptors (Lipinski definition) is 5. The number of nitriles is 1. The smallest absolute Gasteiger partial charge is 0.179 e. The Balaban J connectivity index is 0.00000361. The molecule has 0 radical (unpaired) electrons. The summed E-state index contributed by atoms with van der Waals surface area (Å²) in [6.45, 7) is 4.55. The zero-order valence-corrected chi connectivity index (χ0v) is 12.7. The maximum Gasteiger partial charge on any atom is 0.179 e. The standard InChI is InChI=1S/C14H20N2O3.ClH/c1-10(2)16-8-12(17)9-19-14-11(7-15)5-4-6-13(14)18-3;/h4-6,10,12,16-17H,8-9H2,1-3H3;1H. The van der Waals surface area contributed by atoms with E-state index in [-0.39, 0.29) is 19.0 Å². The number of methoxy groups -OCH3 is 1. The quantitative estimate of drug-likeness (QED) is 0.802. The summed E-state index contributed by atoms with van der Waals surface area (Å²) in [5, 5.41) is 21.9. The molecule has 1 unspecified atom stereocenters.